The summed E-state index contributed by atoms with van der Waals surface area (Å²) in [6.07, 6.45) is -3.95. The smallest absolute Gasteiger partial charge is 0.420 e. The fourth-order valence-corrected chi connectivity index (χ4v) is 4.71. The highest BCUT2D eigenvalue weighted by Crippen LogP contribution is 2.40. The molecule has 0 radical (unpaired) electrons. The van der Waals surface area contributed by atoms with E-state index in [0.29, 0.717) is 19.1 Å². The van der Waals surface area contributed by atoms with Crippen LogP contribution in [0.5, 0.6) is 11.5 Å². The maximum Gasteiger partial charge on any atom is 0.420 e. The van der Waals surface area contributed by atoms with Gasteiger partial charge in [0.05, 0.1) is 17.4 Å². The van der Waals surface area contributed by atoms with Crippen LogP contribution < -0.4 is 10.5 Å². The summed E-state index contributed by atoms with van der Waals surface area (Å²) in [5.41, 5.74) is 4.00. The Balaban J connectivity index is 1.99. The zero-order chi connectivity index (χ0) is 21.9. The number of hydrogen-bond acceptors (Lipinski definition) is 6. The van der Waals surface area contributed by atoms with E-state index < -0.39 is 39.3 Å². The number of nitrogens with two attached hydrogens (primary N) is 1. The van der Waals surface area contributed by atoms with Crippen LogP contribution in [-0.2, 0) is 20.8 Å². The molecule has 30 heavy (non-hydrogen) atoms. The third-order valence-electron chi connectivity index (χ3n) is 4.52. The lowest BCUT2D eigenvalue weighted by Crippen LogP contribution is -2.20. The van der Waals surface area contributed by atoms with Gasteiger partial charge in [0, 0.05) is 12.2 Å². The van der Waals surface area contributed by atoms with Crippen LogP contribution in [0.15, 0.2) is 52.5 Å². The first-order chi connectivity index (χ1) is 14.1. The quantitative estimate of drug-likeness (QED) is 0.305. The molecule has 0 spiro atoms. The minimum absolute atomic E-state index is 0.170. The number of alkyl halides is 3. The fourth-order valence-electron chi connectivity index (χ4n) is 3.08. The van der Waals surface area contributed by atoms with Gasteiger partial charge in [0.25, 0.3) is 0 Å². The monoisotopic (exact) mass is 444 g/mol. The molecule has 2 aromatic rings. The molecule has 1 aliphatic rings. The van der Waals surface area contributed by atoms with Gasteiger partial charge in [-0.1, -0.05) is 17.3 Å². The van der Waals surface area contributed by atoms with Gasteiger partial charge in [0.15, 0.2) is 15.7 Å². The van der Waals surface area contributed by atoms with E-state index in [2.05, 4.69) is 5.16 Å². The number of oxime groups is 1. The maximum atomic E-state index is 13.5. The summed E-state index contributed by atoms with van der Waals surface area (Å²) in [5.74, 6) is -1.65. The van der Waals surface area contributed by atoms with Crippen LogP contribution in [0.1, 0.15) is 24.0 Å². The Morgan fingerprint density at radius 2 is 1.97 bits per heavy atom. The molecule has 3 rings (SSSR count). The average Bonchev–Trinajstić information content (AvgIpc) is 3.19. The van der Waals surface area contributed by atoms with Crippen molar-refractivity contribution in [1.82, 2.24) is 0 Å². The molecule has 0 saturated carbocycles. The lowest BCUT2D eigenvalue weighted by molar-refractivity contribution is -0.138. The largest absolute Gasteiger partial charge is 0.455 e. The van der Waals surface area contributed by atoms with Gasteiger partial charge in [-0.15, -0.1) is 0 Å². The van der Waals surface area contributed by atoms with E-state index in [1.54, 1.807) is 0 Å². The van der Waals surface area contributed by atoms with E-state index in [-0.39, 0.29) is 22.0 Å². The van der Waals surface area contributed by atoms with E-state index in [4.69, 9.17) is 20.4 Å². The normalized spacial score (nSPS) is 17.8. The van der Waals surface area contributed by atoms with Crippen LogP contribution in [0.3, 0.4) is 0 Å². The molecule has 162 valence electrons. The van der Waals surface area contributed by atoms with E-state index in [1.807, 2.05) is 0 Å². The summed E-state index contributed by atoms with van der Waals surface area (Å²) in [6, 6.07) is 8.29. The molecule has 1 fully saturated rings. The van der Waals surface area contributed by atoms with Gasteiger partial charge < -0.3 is 20.4 Å². The Morgan fingerprint density at radius 3 is 2.60 bits per heavy atom. The Labute approximate surface area is 170 Å². The third-order valence-corrected chi connectivity index (χ3v) is 6.34. The summed E-state index contributed by atoms with van der Waals surface area (Å²) < 4.78 is 77.0. The van der Waals surface area contributed by atoms with Crippen molar-refractivity contribution < 1.29 is 36.3 Å². The second-order valence-electron chi connectivity index (χ2n) is 6.66. The molecule has 0 bridgehead atoms. The molecule has 1 heterocycles. The first-order valence-corrected chi connectivity index (χ1v) is 10.6. The molecule has 7 nitrogen and oxygen atoms in total. The lowest BCUT2D eigenvalue weighted by atomic mass is 10.1. The molecule has 2 aromatic carbocycles. The van der Waals surface area contributed by atoms with Crippen LogP contribution in [0.2, 0.25) is 0 Å². The SMILES string of the molecule is N/C(=N\O)c1ccc(Oc2ccccc2S(=O)(=O)CC2CCCO2)c(C(F)(F)F)c1. The van der Waals surface area contributed by atoms with Gasteiger partial charge >= 0.3 is 6.18 Å². The van der Waals surface area contributed by atoms with Gasteiger partial charge in [-0.2, -0.15) is 13.2 Å². The zero-order valence-electron chi connectivity index (χ0n) is 15.6. The predicted molar refractivity (Wildman–Crippen MR) is 101 cm³/mol. The molecule has 1 saturated heterocycles. The number of para-hydroxylation sites is 1. The molecule has 3 N–H and O–H groups in total. The first kappa shape index (κ1) is 21.9. The number of ether oxygens (including phenoxy) is 2. The molecule has 1 unspecified atom stereocenters. The summed E-state index contributed by atoms with van der Waals surface area (Å²) in [5, 5.41) is 11.4. The van der Waals surface area contributed by atoms with Crippen molar-refractivity contribution in [3.8, 4) is 11.5 Å². The van der Waals surface area contributed by atoms with Crippen LogP contribution in [0.25, 0.3) is 0 Å². The van der Waals surface area contributed by atoms with Crippen molar-refractivity contribution in [3.05, 3.63) is 53.6 Å². The number of nitrogens with zero attached hydrogens (tertiary/aromatic N) is 1. The van der Waals surface area contributed by atoms with Gasteiger partial charge in [-0.05, 0) is 43.2 Å². The third kappa shape index (κ3) is 4.85. The Kier molecular flexibility index (Phi) is 6.22. The standard InChI is InChI=1S/C19H19F3N2O5S/c20-19(21,22)14-10-12(18(23)24-25)7-8-15(14)29-16-5-1-2-6-17(16)30(26,27)11-13-4-3-9-28-13/h1-2,5-8,10,13,25H,3-4,9,11H2,(H2,23,24). The average molecular weight is 444 g/mol. The van der Waals surface area contributed by atoms with E-state index in [9.17, 15) is 21.6 Å². The van der Waals surface area contributed by atoms with Gasteiger partial charge in [-0.25, -0.2) is 8.42 Å². The number of sulfone groups is 1. The summed E-state index contributed by atoms with van der Waals surface area (Å²) in [6.45, 7) is 0.472. The number of halogens is 3. The van der Waals surface area contributed by atoms with Gasteiger partial charge in [0.2, 0.25) is 0 Å². The molecule has 0 amide bonds. The van der Waals surface area contributed by atoms with E-state index in [1.165, 1.54) is 30.3 Å². The molecular formula is C19H19F3N2O5S. The minimum atomic E-state index is -4.83. The summed E-state index contributed by atoms with van der Waals surface area (Å²) in [7, 11) is -3.87. The van der Waals surface area contributed by atoms with Crippen molar-refractivity contribution >= 4 is 15.7 Å². The van der Waals surface area contributed by atoms with E-state index >= 15 is 0 Å². The number of benzene rings is 2. The molecule has 1 aliphatic heterocycles. The second kappa shape index (κ2) is 8.52. The predicted octanol–water partition coefficient (Wildman–Crippen LogP) is 3.54. The number of hydrogen-bond donors (Lipinski definition) is 2. The van der Waals surface area contributed by atoms with Gasteiger partial charge in [0.1, 0.15) is 16.4 Å². The summed E-state index contributed by atoms with van der Waals surface area (Å²) in [4.78, 5) is -0.228. The van der Waals surface area contributed by atoms with Crippen LogP contribution in [0, 0.1) is 0 Å². The topological polar surface area (TPSA) is 111 Å². The number of amidine groups is 1. The minimum Gasteiger partial charge on any atom is -0.455 e. The molecule has 0 aliphatic carbocycles. The Morgan fingerprint density at radius 1 is 1.23 bits per heavy atom. The Bertz CT molecular complexity index is 1050. The first-order valence-electron chi connectivity index (χ1n) is 8.92. The maximum absolute atomic E-state index is 13.5. The van der Waals surface area contributed by atoms with Crippen LogP contribution in [0.4, 0.5) is 13.2 Å². The Hall–Kier alpha value is -2.79. The molecule has 11 heteroatoms. The molecular weight excluding hydrogens is 425 g/mol. The van der Waals surface area contributed by atoms with Gasteiger partial charge in [-0.3, -0.25) is 0 Å². The van der Waals surface area contributed by atoms with Crippen molar-refractivity contribution in [2.75, 3.05) is 12.4 Å². The number of rotatable bonds is 6. The zero-order valence-corrected chi connectivity index (χ0v) is 16.4. The fraction of sp³-hybridized carbons (Fsp3) is 0.316. The van der Waals surface area contributed by atoms with Crippen LogP contribution in [-0.4, -0.2) is 37.9 Å². The highest BCUT2D eigenvalue weighted by atomic mass is 32.2. The van der Waals surface area contributed by atoms with Crippen molar-refractivity contribution in [2.45, 2.75) is 30.0 Å². The molecule has 0 aromatic heterocycles. The van der Waals surface area contributed by atoms with Crippen molar-refractivity contribution in [2.24, 2.45) is 10.9 Å². The summed E-state index contributed by atoms with van der Waals surface area (Å²) >= 11 is 0. The second-order valence-corrected chi connectivity index (χ2v) is 8.66. The highest BCUT2D eigenvalue weighted by molar-refractivity contribution is 7.91. The van der Waals surface area contributed by atoms with E-state index in [0.717, 1.165) is 12.5 Å². The molecule has 1 atom stereocenters. The highest BCUT2D eigenvalue weighted by Gasteiger charge is 2.36. The van der Waals surface area contributed by atoms with Crippen LogP contribution >= 0.6 is 0 Å². The lowest BCUT2D eigenvalue weighted by Gasteiger charge is -2.17. The van der Waals surface area contributed by atoms with Crippen molar-refractivity contribution in [3.63, 3.8) is 0 Å². The van der Waals surface area contributed by atoms with Crippen molar-refractivity contribution in [1.29, 1.82) is 0 Å².